The van der Waals surface area contributed by atoms with Gasteiger partial charge < -0.3 is 15.8 Å². The highest BCUT2D eigenvalue weighted by Gasteiger charge is 2.15. The maximum absolute atomic E-state index is 13.7. The number of hydrogen-bond acceptors (Lipinski definition) is 7. The number of hydrogen-bond donors (Lipinski definition) is 2. The summed E-state index contributed by atoms with van der Waals surface area (Å²) in [5.41, 5.74) is 7.18. The van der Waals surface area contributed by atoms with Crippen molar-refractivity contribution >= 4 is 23.6 Å². The van der Waals surface area contributed by atoms with E-state index in [0.29, 0.717) is 6.07 Å². The molecule has 0 unspecified atom stereocenters. The van der Waals surface area contributed by atoms with Gasteiger partial charge in [-0.15, -0.1) is 0 Å². The Kier molecular flexibility index (Phi) is 5.73. The van der Waals surface area contributed by atoms with E-state index in [2.05, 4.69) is 20.3 Å². The molecule has 0 saturated heterocycles. The molecule has 28 heavy (non-hydrogen) atoms. The minimum atomic E-state index is -1.02. The van der Waals surface area contributed by atoms with Crippen molar-refractivity contribution in [3.8, 4) is 0 Å². The SMILES string of the molecule is CCc1ccccc1Nc1nc(N)nc(COC(=O)c2ccc(F)cc2F)n1. The maximum Gasteiger partial charge on any atom is 0.341 e. The molecule has 0 bridgehead atoms. The lowest BCUT2D eigenvalue weighted by Crippen LogP contribution is -2.12. The Morgan fingerprint density at radius 2 is 1.93 bits per heavy atom. The maximum atomic E-state index is 13.7. The summed E-state index contributed by atoms with van der Waals surface area (Å²) in [5, 5.41) is 3.05. The molecule has 0 aliphatic carbocycles. The summed E-state index contributed by atoms with van der Waals surface area (Å²) in [6.45, 7) is 1.66. The zero-order chi connectivity index (χ0) is 20.1. The average Bonchev–Trinajstić information content (AvgIpc) is 2.66. The van der Waals surface area contributed by atoms with Crippen molar-refractivity contribution in [1.29, 1.82) is 0 Å². The third kappa shape index (κ3) is 4.56. The molecule has 1 aromatic heterocycles. The van der Waals surface area contributed by atoms with E-state index in [1.807, 2.05) is 31.2 Å². The molecule has 2 aromatic carbocycles. The van der Waals surface area contributed by atoms with Gasteiger partial charge >= 0.3 is 5.97 Å². The first-order chi connectivity index (χ1) is 13.5. The van der Waals surface area contributed by atoms with E-state index < -0.39 is 23.2 Å². The van der Waals surface area contributed by atoms with E-state index >= 15 is 0 Å². The molecule has 7 nitrogen and oxygen atoms in total. The molecule has 0 fully saturated rings. The molecule has 0 atom stereocenters. The first-order valence-corrected chi connectivity index (χ1v) is 8.43. The van der Waals surface area contributed by atoms with Crippen LogP contribution in [0.25, 0.3) is 0 Å². The van der Waals surface area contributed by atoms with E-state index in [9.17, 15) is 13.6 Å². The molecule has 0 amide bonds. The highest BCUT2D eigenvalue weighted by molar-refractivity contribution is 5.89. The van der Waals surface area contributed by atoms with E-state index in [0.717, 1.165) is 29.8 Å². The Labute approximate surface area is 159 Å². The number of para-hydroxylation sites is 1. The van der Waals surface area contributed by atoms with E-state index in [4.69, 9.17) is 10.5 Å². The van der Waals surface area contributed by atoms with Gasteiger partial charge in [-0.25, -0.2) is 13.6 Å². The zero-order valence-electron chi connectivity index (χ0n) is 14.9. The lowest BCUT2D eigenvalue weighted by molar-refractivity contribution is 0.0456. The molecule has 9 heteroatoms. The second-order valence-electron chi connectivity index (χ2n) is 5.77. The van der Waals surface area contributed by atoms with Crippen LogP contribution in [0.1, 0.15) is 28.7 Å². The van der Waals surface area contributed by atoms with Crippen LogP contribution in [0.4, 0.5) is 26.4 Å². The minimum Gasteiger partial charge on any atom is -0.454 e. The van der Waals surface area contributed by atoms with Crippen LogP contribution in [0.3, 0.4) is 0 Å². The van der Waals surface area contributed by atoms with Crippen molar-refractivity contribution < 1.29 is 18.3 Å². The van der Waals surface area contributed by atoms with Gasteiger partial charge in [0, 0.05) is 11.8 Å². The predicted octanol–water partition coefficient (Wildman–Crippen LogP) is 3.40. The molecule has 1 heterocycles. The normalized spacial score (nSPS) is 10.5. The number of nitrogen functional groups attached to an aromatic ring is 1. The molecule has 3 N–H and O–H groups in total. The van der Waals surface area contributed by atoms with Gasteiger partial charge in [0.2, 0.25) is 11.9 Å². The number of anilines is 3. The number of halogens is 2. The largest absolute Gasteiger partial charge is 0.454 e. The predicted molar refractivity (Wildman–Crippen MR) is 98.8 cm³/mol. The van der Waals surface area contributed by atoms with Crippen molar-refractivity contribution in [2.45, 2.75) is 20.0 Å². The Morgan fingerprint density at radius 3 is 2.68 bits per heavy atom. The topological polar surface area (TPSA) is 103 Å². The fourth-order valence-corrected chi connectivity index (χ4v) is 2.49. The van der Waals surface area contributed by atoms with Crippen molar-refractivity contribution in [1.82, 2.24) is 15.0 Å². The lowest BCUT2D eigenvalue weighted by Gasteiger charge is -2.11. The monoisotopic (exact) mass is 385 g/mol. The van der Waals surface area contributed by atoms with Crippen LogP contribution in [0.15, 0.2) is 42.5 Å². The fraction of sp³-hybridized carbons (Fsp3) is 0.158. The van der Waals surface area contributed by atoms with Crippen molar-refractivity contribution in [3.05, 3.63) is 71.1 Å². The van der Waals surface area contributed by atoms with Gasteiger partial charge in [0.25, 0.3) is 0 Å². The van der Waals surface area contributed by atoms with Gasteiger partial charge in [0.15, 0.2) is 12.4 Å². The smallest absolute Gasteiger partial charge is 0.341 e. The molecule has 0 radical (unpaired) electrons. The van der Waals surface area contributed by atoms with Gasteiger partial charge in [0.1, 0.15) is 11.6 Å². The molecule has 0 aliphatic heterocycles. The van der Waals surface area contributed by atoms with Crippen LogP contribution in [0.5, 0.6) is 0 Å². The number of rotatable bonds is 6. The molecular weight excluding hydrogens is 368 g/mol. The van der Waals surface area contributed by atoms with Crippen LogP contribution in [-0.4, -0.2) is 20.9 Å². The number of ether oxygens (including phenoxy) is 1. The Morgan fingerprint density at radius 1 is 1.14 bits per heavy atom. The van der Waals surface area contributed by atoms with Gasteiger partial charge in [-0.1, -0.05) is 25.1 Å². The fourth-order valence-electron chi connectivity index (χ4n) is 2.49. The Hall–Kier alpha value is -3.62. The molecule has 0 spiro atoms. The summed E-state index contributed by atoms with van der Waals surface area (Å²) in [6.07, 6.45) is 0.803. The number of aryl methyl sites for hydroxylation is 1. The van der Waals surface area contributed by atoms with Crippen molar-refractivity contribution in [2.24, 2.45) is 0 Å². The number of nitrogens with one attached hydrogen (secondary N) is 1. The lowest BCUT2D eigenvalue weighted by atomic mass is 10.1. The quantitative estimate of drug-likeness (QED) is 0.627. The molecule has 0 saturated carbocycles. The molecule has 3 aromatic rings. The van der Waals surface area contributed by atoms with Crippen molar-refractivity contribution in [2.75, 3.05) is 11.1 Å². The van der Waals surface area contributed by atoms with E-state index in [1.54, 1.807) is 0 Å². The van der Waals surface area contributed by atoms with Crippen LogP contribution in [0.2, 0.25) is 0 Å². The first kappa shape index (κ1) is 19.2. The number of aromatic nitrogens is 3. The Bertz CT molecular complexity index is 1010. The minimum absolute atomic E-state index is 0.0644. The van der Waals surface area contributed by atoms with Crippen LogP contribution < -0.4 is 11.1 Å². The van der Waals surface area contributed by atoms with E-state index in [-0.39, 0.29) is 24.3 Å². The number of carbonyl (C=O) groups is 1. The summed E-state index contributed by atoms with van der Waals surface area (Å²) < 4.78 is 31.6. The second kappa shape index (κ2) is 8.38. The molecule has 0 aliphatic rings. The van der Waals surface area contributed by atoms with Crippen LogP contribution in [0, 0.1) is 11.6 Å². The number of esters is 1. The second-order valence-corrected chi connectivity index (χ2v) is 5.77. The van der Waals surface area contributed by atoms with Gasteiger partial charge in [-0.2, -0.15) is 15.0 Å². The summed E-state index contributed by atoms with van der Waals surface area (Å²) >= 11 is 0. The summed E-state index contributed by atoms with van der Waals surface area (Å²) in [6, 6.07) is 10.2. The number of benzene rings is 2. The first-order valence-electron chi connectivity index (χ1n) is 8.43. The number of carbonyl (C=O) groups excluding carboxylic acids is 1. The van der Waals surface area contributed by atoms with Gasteiger partial charge in [-0.05, 0) is 30.2 Å². The molecule has 3 rings (SSSR count). The highest BCUT2D eigenvalue weighted by atomic mass is 19.1. The highest BCUT2D eigenvalue weighted by Crippen LogP contribution is 2.19. The van der Waals surface area contributed by atoms with Crippen molar-refractivity contribution in [3.63, 3.8) is 0 Å². The summed E-state index contributed by atoms with van der Waals surface area (Å²) in [4.78, 5) is 24.1. The number of nitrogens with zero attached hydrogens (tertiary/aromatic N) is 3. The zero-order valence-corrected chi connectivity index (χ0v) is 14.9. The average molecular weight is 385 g/mol. The molecule has 144 valence electrons. The third-order valence-electron chi connectivity index (χ3n) is 3.83. The Balaban J connectivity index is 1.73. The molecular formula is C19H17F2N5O2. The standard InChI is InChI=1S/C19H17F2N5O2/c1-2-11-5-3-4-6-15(11)23-19-25-16(24-18(22)26-19)10-28-17(27)13-8-7-12(20)9-14(13)21/h3-9H,2,10H2,1H3,(H3,22,23,24,25,26). The third-order valence-corrected chi connectivity index (χ3v) is 3.83. The summed E-state index contributed by atoms with van der Waals surface area (Å²) in [7, 11) is 0. The van der Waals surface area contributed by atoms with Gasteiger partial charge in [-0.3, -0.25) is 0 Å². The van der Waals surface area contributed by atoms with Crippen LogP contribution >= 0.6 is 0 Å². The van der Waals surface area contributed by atoms with Crippen LogP contribution in [-0.2, 0) is 17.8 Å². The van der Waals surface area contributed by atoms with E-state index in [1.165, 1.54) is 0 Å². The number of nitrogens with two attached hydrogens (primary N) is 1. The van der Waals surface area contributed by atoms with Gasteiger partial charge in [0.05, 0.1) is 5.56 Å². The summed E-state index contributed by atoms with van der Waals surface area (Å²) in [5.74, 6) is -2.57.